The molecule has 1 aliphatic carbocycles. The molecule has 5 nitrogen and oxygen atoms in total. The van der Waals surface area contributed by atoms with E-state index in [-0.39, 0.29) is 11.7 Å². The highest BCUT2D eigenvalue weighted by Gasteiger charge is 2.42. The summed E-state index contributed by atoms with van der Waals surface area (Å²) in [6, 6.07) is 8.20. The molecule has 2 aliphatic rings. The van der Waals surface area contributed by atoms with E-state index in [0.29, 0.717) is 26.1 Å². The number of hydrogen-bond acceptors (Lipinski definition) is 3. The molecule has 0 aromatic heterocycles. The van der Waals surface area contributed by atoms with Crippen LogP contribution in [0.25, 0.3) is 0 Å². The molecule has 1 amide bonds. The Bertz CT molecular complexity index is 709. The van der Waals surface area contributed by atoms with E-state index in [9.17, 15) is 13.2 Å². The Morgan fingerprint density at radius 1 is 1.25 bits per heavy atom. The Morgan fingerprint density at radius 2 is 2.00 bits per heavy atom. The van der Waals surface area contributed by atoms with Crippen LogP contribution in [0.15, 0.2) is 24.3 Å². The minimum Gasteiger partial charge on any atom is -0.354 e. The monoisotopic (exact) mass is 350 g/mol. The van der Waals surface area contributed by atoms with Gasteiger partial charge in [-0.3, -0.25) is 4.79 Å². The Labute approximate surface area is 144 Å². The van der Waals surface area contributed by atoms with E-state index in [1.54, 1.807) is 0 Å². The topological polar surface area (TPSA) is 66.5 Å². The van der Waals surface area contributed by atoms with E-state index in [1.807, 2.05) is 25.1 Å². The number of benzene rings is 1. The zero-order chi connectivity index (χ0) is 17.2. The molecule has 6 heteroatoms. The van der Waals surface area contributed by atoms with Crippen LogP contribution in [0.4, 0.5) is 0 Å². The number of aryl methyl sites for hydroxylation is 1. The van der Waals surface area contributed by atoms with E-state index in [4.69, 9.17) is 0 Å². The van der Waals surface area contributed by atoms with Gasteiger partial charge in [0.1, 0.15) is 0 Å². The predicted octanol–water partition coefficient (Wildman–Crippen LogP) is 1.96. The van der Waals surface area contributed by atoms with E-state index in [0.717, 1.165) is 36.8 Å². The van der Waals surface area contributed by atoms with Crippen LogP contribution < -0.4 is 5.32 Å². The lowest BCUT2D eigenvalue weighted by Crippen LogP contribution is -2.45. The number of nitrogens with one attached hydrogen (secondary N) is 1. The summed E-state index contributed by atoms with van der Waals surface area (Å²) in [6.07, 6.45) is 4.53. The highest BCUT2D eigenvalue weighted by atomic mass is 32.2. The van der Waals surface area contributed by atoms with Crippen molar-refractivity contribution in [3.63, 3.8) is 0 Å². The smallest absolute Gasteiger partial charge is 0.230 e. The number of rotatable bonds is 5. The maximum atomic E-state index is 12.9. The van der Waals surface area contributed by atoms with Crippen molar-refractivity contribution in [2.45, 2.75) is 44.4 Å². The minimum atomic E-state index is -3.10. The second-order valence-corrected chi connectivity index (χ2v) is 9.07. The van der Waals surface area contributed by atoms with Crippen molar-refractivity contribution in [2.24, 2.45) is 0 Å². The molecule has 0 atom stereocenters. The molecule has 0 radical (unpaired) electrons. The summed E-state index contributed by atoms with van der Waals surface area (Å²) in [5.41, 5.74) is 1.80. The Morgan fingerprint density at radius 3 is 2.62 bits per heavy atom. The van der Waals surface area contributed by atoms with Crippen LogP contribution in [0.1, 0.15) is 43.2 Å². The Kier molecular flexibility index (Phi) is 4.97. The summed E-state index contributed by atoms with van der Waals surface area (Å²) in [7, 11) is -3.10. The summed E-state index contributed by atoms with van der Waals surface area (Å²) in [5, 5.41) is 3.00. The van der Waals surface area contributed by atoms with Crippen LogP contribution in [0.2, 0.25) is 0 Å². The van der Waals surface area contributed by atoms with Gasteiger partial charge in [-0.2, -0.15) is 0 Å². The first kappa shape index (κ1) is 17.4. The van der Waals surface area contributed by atoms with Crippen molar-refractivity contribution in [1.82, 2.24) is 9.62 Å². The zero-order valence-electron chi connectivity index (χ0n) is 14.3. The standard InChI is InChI=1S/C18H26N2O3S/c1-15-6-4-7-16(14-15)18(8-2-3-9-18)17(21)19-10-12-20-11-5-13-24(20,22)23/h4,6-7,14H,2-3,5,8-13H2,1H3,(H,19,21). The molecule has 132 valence electrons. The van der Waals surface area contributed by atoms with E-state index >= 15 is 0 Å². The predicted molar refractivity (Wildman–Crippen MR) is 94.3 cm³/mol. The average Bonchev–Trinajstić information content (AvgIpc) is 3.15. The van der Waals surface area contributed by atoms with Crippen molar-refractivity contribution in [3.8, 4) is 0 Å². The van der Waals surface area contributed by atoms with Gasteiger partial charge in [-0.15, -0.1) is 0 Å². The highest BCUT2D eigenvalue weighted by molar-refractivity contribution is 7.89. The molecular formula is C18H26N2O3S. The van der Waals surface area contributed by atoms with Crippen molar-refractivity contribution in [2.75, 3.05) is 25.4 Å². The number of amides is 1. The average molecular weight is 350 g/mol. The number of nitrogens with zero attached hydrogens (tertiary/aromatic N) is 1. The van der Waals surface area contributed by atoms with Gasteiger partial charge in [0.05, 0.1) is 11.2 Å². The third-order valence-corrected chi connectivity index (χ3v) is 7.27. The lowest BCUT2D eigenvalue weighted by molar-refractivity contribution is -0.126. The lowest BCUT2D eigenvalue weighted by atomic mass is 9.77. The van der Waals surface area contributed by atoms with Gasteiger partial charge in [-0.05, 0) is 31.7 Å². The summed E-state index contributed by atoms with van der Waals surface area (Å²) in [4.78, 5) is 12.9. The van der Waals surface area contributed by atoms with Gasteiger partial charge in [0.2, 0.25) is 15.9 Å². The summed E-state index contributed by atoms with van der Waals surface area (Å²) in [5.74, 6) is 0.274. The molecular weight excluding hydrogens is 324 g/mol. The second-order valence-electron chi connectivity index (χ2n) is 6.98. The second kappa shape index (κ2) is 6.84. The highest BCUT2D eigenvalue weighted by Crippen LogP contribution is 2.41. The van der Waals surface area contributed by atoms with Crippen LogP contribution in [-0.2, 0) is 20.2 Å². The summed E-state index contributed by atoms with van der Waals surface area (Å²) in [6.45, 7) is 3.37. The van der Waals surface area contributed by atoms with Gasteiger partial charge in [0.15, 0.2) is 0 Å². The molecule has 0 spiro atoms. The number of carbonyl (C=O) groups is 1. The van der Waals surface area contributed by atoms with Crippen molar-refractivity contribution >= 4 is 15.9 Å². The molecule has 2 fully saturated rings. The Balaban J connectivity index is 1.67. The van der Waals surface area contributed by atoms with Crippen molar-refractivity contribution < 1.29 is 13.2 Å². The van der Waals surface area contributed by atoms with E-state index < -0.39 is 15.4 Å². The first-order chi connectivity index (χ1) is 11.4. The van der Waals surface area contributed by atoms with Crippen molar-refractivity contribution in [1.29, 1.82) is 0 Å². The van der Waals surface area contributed by atoms with Gasteiger partial charge in [0, 0.05) is 19.6 Å². The van der Waals surface area contributed by atoms with E-state index in [1.165, 1.54) is 4.31 Å². The largest absolute Gasteiger partial charge is 0.354 e. The van der Waals surface area contributed by atoms with Crippen LogP contribution in [0.5, 0.6) is 0 Å². The van der Waals surface area contributed by atoms with Gasteiger partial charge >= 0.3 is 0 Å². The number of carbonyl (C=O) groups excluding carboxylic acids is 1. The van der Waals surface area contributed by atoms with Crippen LogP contribution in [-0.4, -0.2) is 44.0 Å². The Hall–Kier alpha value is -1.40. The molecule has 1 aromatic rings. The summed E-state index contributed by atoms with van der Waals surface area (Å²) < 4.78 is 25.1. The van der Waals surface area contributed by atoms with E-state index in [2.05, 4.69) is 11.4 Å². The summed E-state index contributed by atoms with van der Waals surface area (Å²) >= 11 is 0. The maximum absolute atomic E-state index is 12.9. The fourth-order valence-electron chi connectivity index (χ4n) is 3.97. The van der Waals surface area contributed by atoms with Gasteiger partial charge in [0.25, 0.3) is 0 Å². The maximum Gasteiger partial charge on any atom is 0.230 e. The van der Waals surface area contributed by atoms with Crippen LogP contribution >= 0.6 is 0 Å². The third-order valence-electron chi connectivity index (χ3n) is 5.31. The minimum absolute atomic E-state index is 0.0437. The van der Waals surface area contributed by atoms with Crippen LogP contribution in [0, 0.1) is 6.92 Å². The van der Waals surface area contributed by atoms with Gasteiger partial charge in [-0.25, -0.2) is 12.7 Å². The molecule has 1 saturated heterocycles. The normalized spacial score (nSPS) is 22.5. The zero-order valence-corrected chi connectivity index (χ0v) is 15.1. The number of sulfonamides is 1. The molecule has 3 rings (SSSR count). The molecule has 0 unspecified atom stereocenters. The fourth-order valence-corrected chi connectivity index (χ4v) is 5.50. The third kappa shape index (κ3) is 3.35. The molecule has 1 saturated carbocycles. The number of hydrogen-bond donors (Lipinski definition) is 1. The molecule has 1 aliphatic heterocycles. The quantitative estimate of drug-likeness (QED) is 0.883. The first-order valence-electron chi connectivity index (χ1n) is 8.77. The molecule has 0 bridgehead atoms. The molecule has 1 aromatic carbocycles. The van der Waals surface area contributed by atoms with Crippen LogP contribution in [0.3, 0.4) is 0 Å². The molecule has 1 heterocycles. The first-order valence-corrected chi connectivity index (χ1v) is 10.4. The van der Waals surface area contributed by atoms with Gasteiger partial charge < -0.3 is 5.32 Å². The fraction of sp³-hybridized carbons (Fsp3) is 0.611. The SMILES string of the molecule is Cc1cccc(C2(C(=O)NCCN3CCCS3(=O)=O)CCCC2)c1. The van der Waals surface area contributed by atoms with Crippen molar-refractivity contribution in [3.05, 3.63) is 35.4 Å². The molecule has 24 heavy (non-hydrogen) atoms. The lowest BCUT2D eigenvalue weighted by Gasteiger charge is -2.29. The molecule has 1 N–H and O–H groups in total. The van der Waals surface area contributed by atoms with Gasteiger partial charge in [-0.1, -0.05) is 42.7 Å².